The highest BCUT2D eigenvalue weighted by atomic mass is 35.5. The number of methoxy groups -OCH3 is 1. The number of halogens is 2. The maximum Gasteiger partial charge on any atom is 0.153 e. The van der Waals surface area contributed by atoms with Gasteiger partial charge in [-0.15, -0.1) is 22.9 Å². The number of benzene rings is 3. The van der Waals surface area contributed by atoms with Crippen LogP contribution in [0.4, 0.5) is 10.1 Å². The van der Waals surface area contributed by atoms with E-state index in [9.17, 15) is 4.39 Å². The van der Waals surface area contributed by atoms with E-state index in [0.29, 0.717) is 0 Å². The molecule has 0 spiro atoms. The minimum atomic E-state index is -0.255. The molecule has 182 valence electrons. The van der Waals surface area contributed by atoms with E-state index in [2.05, 4.69) is 21.9 Å². The van der Waals surface area contributed by atoms with Gasteiger partial charge in [-0.05, 0) is 73.1 Å². The zero-order valence-corrected chi connectivity index (χ0v) is 21.2. The highest BCUT2D eigenvalue weighted by Gasteiger charge is 2.19. The van der Waals surface area contributed by atoms with Gasteiger partial charge < -0.3 is 14.4 Å². The van der Waals surface area contributed by atoms with E-state index in [-0.39, 0.29) is 5.82 Å². The van der Waals surface area contributed by atoms with Crippen molar-refractivity contribution in [2.24, 2.45) is 0 Å². The fourth-order valence-electron chi connectivity index (χ4n) is 4.43. The fourth-order valence-corrected chi connectivity index (χ4v) is 5.71. The summed E-state index contributed by atoms with van der Waals surface area (Å²) in [6.45, 7) is 5.20. The number of hydrogen-bond donors (Lipinski definition) is 0. The van der Waals surface area contributed by atoms with Gasteiger partial charge in [-0.25, -0.2) is 4.39 Å². The molecule has 0 atom stereocenters. The number of nitrogens with zero attached hydrogens (tertiary/aromatic N) is 2. The molecule has 0 aliphatic carbocycles. The van der Waals surface area contributed by atoms with Crippen molar-refractivity contribution in [2.75, 3.05) is 50.6 Å². The number of alkyl halides is 1. The third-order valence-corrected chi connectivity index (χ3v) is 7.81. The summed E-state index contributed by atoms with van der Waals surface area (Å²) in [5, 5.41) is 1.01. The zero-order chi connectivity index (χ0) is 24.2. The first kappa shape index (κ1) is 23.9. The van der Waals surface area contributed by atoms with E-state index in [4.69, 9.17) is 21.1 Å². The molecule has 35 heavy (non-hydrogen) atoms. The van der Waals surface area contributed by atoms with Crippen molar-refractivity contribution in [3.8, 4) is 27.7 Å². The Kier molecular flexibility index (Phi) is 7.42. The highest BCUT2D eigenvalue weighted by Crippen LogP contribution is 2.47. The van der Waals surface area contributed by atoms with Crippen molar-refractivity contribution in [1.82, 2.24) is 4.90 Å². The molecule has 2 heterocycles. The third kappa shape index (κ3) is 5.40. The van der Waals surface area contributed by atoms with Crippen LogP contribution in [-0.2, 0) is 0 Å². The van der Waals surface area contributed by atoms with Crippen LogP contribution in [0.25, 0.3) is 20.5 Å². The molecule has 1 saturated heterocycles. The molecule has 1 aliphatic heterocycles. The van der Waals surface area contributed by atoms with Gasteiger partial charge in [0.1, 0.15) is 17.3 Å². The van der Waals surface area contributed by atoms with E-state index in [1.165, 1.54) is 17.8 Å². The van der Waals surface area contributed by atoms with E-state index < -0.39 is 0 Å². The van der Waals surface area contributed by atoms with Crippen LogP contribution in [0.1, 0.15) is 6.42 Å². The molecule has 1 fully saturated rings. The Balaban J connectivity index is 1.38. The molecule has 0 radical (unpaired) electrons. The molecule has 4 aromatic rings. The Morgan fingerprint density at radius 1 is 0.914 bits per heavy atom. The summed E-state index contributed by atoms with van der Waals surface area (Å²) in [4.78, 5) is 5.85. The van der Waals surface area contributed by atoms with Gasteiger partial charge in [0.05, 0.1) is 12.0 Å². The van der Waals surface area contributed by atoms with Crippen LogP contribution in [0.2, 0.25) is 0 Å². The van der Waals surface area contributed by atoms with E-state index >= 15 is 0 Å². The molecule has 3 aromatic carbocycles. The van der Waals surface area contributed by atoms with Crippen molar-refractivity contribution >= 4 is 38.7 Å². The van der Waals surface area contributed by atoms with Crippen LogP contribution in [-0.4, -0.2) is 50.6 Å². The summed E-state index contributed by atoms with van der Waals surface area (Å²) in [5.41, 5.74) is 2.12. The molecule has 0 saturated carbocycles. The van der Waals surface area contributed by atoms with Crippen LogP contribution in [0.3, 0.4) is 0 Å². The first-order valence-electron chi connectivity index (χ1n) is 11.8. The van der Waals surface area contributed by atoms with Crippen LogP contribution in [0, 0.1) is 5.82 Å². The van der Waals surface area contributed by atoms with E-state index in [1.54, 1.807) is 30.6 Å². The molecular weight excluding hydrogens is 483 g/mol. The monoisotopic (exact) mass is 510 g/mol. The van der Waals surface area contributed by atoms with Gasteiger partial charge in [-0.3, -0.25) is 4.90 Å². The van der Waals surface area contributed by atoms with Gasteiger partial charge in [-0.2, -0.15) is 0 Å². The standard InChI is InChI=1S/C28H28ClFN2O2S/c1-33-24-11-12-25-26(19-24)35-28(20-3-5-21(30)6-4-20)27(25)34-23-9-7-22(8-10-23)32-17-15-31(16-18-32)14-2-13-29/h3-12,19H,2,13-18H2,1H3. The van der Waals surface area contributed by atoms with Crippen LogP contribution >= 0.6 is 22.9 Å². The van der Waals surface area contributed by atoms with Crippen LogP contribution < -0.4 is 14.4 Å². The summed E-state index contributed by atoms with van der Waals surface area (Å²) in [6.07, 6.45) is 1.04. The lowest BCUT2D eigenvalue weighted by Gasteiger charge is -2.36. The van der Waals surface area contributed by atoms with Crippen LogP contribution in [0.5, 0.6) is 17.2 Å². The quantitative estimate of drug-likeness (QED) is 0.233. The second-order valence-electron chi connectivity index (χ2n) is 8.60. The van der Waals surface area contributed by atoms with Gasteiger partial charge in [0.25, 0.3) is 0 Å². The Labute approximate surface area is 214 Å². The molecule has 0 amide bonds. The Hall–Kier alpha value is -2.80. The number of hydrogen-bond acceptors (Lipinski definition) is 5. The van der Waals surface area contributed by atoms with Gasteiger partial charge in [0.2, 0.25) is 0 Å². The average Bonchev–Trinajstić information content (AvgIpc) is 3.26. The van der Waals surface area contributed by atoms with Crippen molar-refractivity contribution in [2.45, 2.75) is 6.42 Å². The van der Waals surface area contributed by atoms with Crippen molar-refractivity contribution in [3.63, 3.8) is 0 Å². The summed E-state index contributed by atoms with van der Waals surface area (Å²) < 4.78 is 26.5. The predicted molar refractivity (Wildman–Crippen MR) is 144 cm³/mol. The topological polar surface area (TPSA) is 24.9 Å². The van der Waals surface area contributed by atoms with Gasteiger partial charge >= 0.3 is 0 Å². The van der Waals surface area contributed by atoms with Crippen molar-refractivity contribution in [1.29, 1.82) is 0 Å². The second-order valence-corrected chi connectivity index (χ2v) is 10.0. The Bertz CT molecular complexity index is 1270. The third-order valence-electron chi connectivity index (χ3n) is 6.36. The molecular formula is C28H28ClFN2O2S. The lowest BCUT2D eigenvalue weighted by Crippen LogP contribution is -2.46. The lowest BCUT2D eigenvalue weighted by atomic mass is 10.1. The van der Waals surface area contributed by atoms with Gasteiger partial charge in [-0.1, -0.05) is 12.1 Å². The highest BCUT2D eigenvalue weighted by molar-refractivity contribution is 7.22. The fraction of sp³-hybridized carbons (Fsp3) is 0.286. The normalized spacial score (nSPS) is 14.4. The average molecular weight is 511 g/mol. The summed E-state index contributed by atoms with van der Waals surface area (Å²) in [6, 6.07) is 20.8. The maximum atomic E-state index is 13.6. The number of fused-ring (bicyclic) bond motifs is 1. The molecule has 7 heteroatoms. The number of thiophene rings is 1. The minimum Gasteiger partial charge on any atom is -0.497 e. The number of ether oxygens (including phenoxy) is 2. The van der Waals surface area contributed by atoms with Gasteiger partial charge in [0, 0.05) is 47.8 Å². The molecule has 1 aliphatic rings. The molecule has 0 N–H and O–H groups in total. The predicted octanol–water partition coefficient (Wildman–Crippen LogP) is 7.26. The molecule has 5 rings (SSSR count). The van der Waals surface area contributed by atoms with Gasteiger partial charge in [0.15, 0.2) is 5.75 Å². The Morgan fingerprint density at radius 2 is 1.63 bits per heavy atom. The smallest absolute Gasteiger partial charge is 0.153 e. The zero-order valence-electron chi connectivity index (χ0n) is 19.7. The second kappa shape index (κ2) is 10.9. The summed E-state index contributed by atoms with van der Waals surface area (Å²) >= 11 is 7.45. The van der Waals surface area contributed by atoms with Crippen molar-refractivity contribution in [3.05, 3.63) is 72.5 Å². The van der Waals surface area contributed by atoms with Crippen LogP contribution in [0.15, 0.2) is 66.7 Å². The largest absolute Gasteiger partial charge is 0.497 e. The number of piperazine rings is 1. The molecule has 0 bridgehead atoms. The SMILES string of the molecule is COc1ccc2c(Oc3ccc(N4CCN(CCCCl)CC4)cc3)c(-c3ccc(F)cc3)sc2c1. The summed E-state index contributed by atoms with van der Waals surface area (Å²) in [5.74, 6) is 2.81. The first-order valence-corrected chi connectivity index (χ1v) is 13.2. The Morgan fingerprint density at radius 3 is 2.31 bits per heavy atom. The molecule has 1 aromatic heterocycles. The molecule has 4 nitrogen and oxygen atoms in total. The first-order chi connectivity index (χ1) is 17.1. The summed E-state index contributed by atoms with van der Waals surface area (Å²) in [7, 11) is 1.66. The number of anilines is 1. The van der Waals surface area contributed by atoms with E-state index in [0.717, 1.165) is 82.8 Å². The molecule has 0 unspecified atom stereocenters. The van der Waals surface area contributed by atoms with Crippen molar-refractivity contribution < 1.29 is 13.9 Å². The lowest BCUT2D eigenvalue weighted by molar-refractivity contribution is 0.259. The minimum absolute atomic E-state index is 0.255. The maximum absolute atomic E-state index is 13.6. The number of rotatable bonds is 8. The van der Waals surface area contributed by atoms with E-state index in [1.807, 2.05) is 30.3 Å².